The van der Waals surface area contributed by atoms with Crippen LogP contribution in [-0.2, 0) is 20.7 Å². The summed E-state index contributed by atoms with van der Waals surface area (Å²) >= 11 is 1.52. The lowest BCUT2D eigenvalue weighted by Crippen LogP contribution is -2.55. The van der Waals surface area contributed by atoms with Gasteiger partial charge in [0.1, 0.15) is 17.7 Å². The number of rotatable bonds is 9. The van der Waals surface area contributed by atoms with Crippen molar-refractivity contribution in [3.63, 3.8) is 0 Å². The van der Waals surface area contributed by atoms with E-state index in [4.69, 9.17) is 10.5 Å². The molecule has 3 amide bonds. The van der Waals surface area contributed by atoms with E-state index in [-0.39, 0.29) is 6.42 Å². The van der Waals surface area contributed by atoms with Crippen molar-refractivity contribution in [3.8, 4) is 0 Å². The zero-order valence-corrected chi connectivity index (χ0v) is 18.0. The predicted octanol–water partition coefficient (Wildman–Crippen LogP) is 2.19. The van der Waals surface area contributed by atoms with Crippen LogP contribution >= 0.6 is 11.8 Å². The standard InChI is InChI=1S/C20H31N3O4S/c1-6-28-13-16(17(21)24)23(5)18(25)15(12-14-10-8-7-9-11-14)22-19(26)27-20(2,3)4/h7-11,15-16H,6,12-13H2,1-5H3,(H2,21,24)(H,22,26)/t15-,16-/m0/s1. The molecule has 1 aromatic carbocycles. The number of primary amides is 1. The molecule has 0 radical (unpaired) electrons. The first-order valence-electron chi connectivity index (χ1n) is 9.22. The highest BCUT2D eigenvalue weighted by Gasteiger charge is 2.32. The lowest BCUT2D eigenvalue weighted by molar-refractivity contribution is -0.138. The Morgan fingerprint density at radius 3 is 2.32 bits per heavy atom. The maximum Gasteiger partial charge on any atom is 0.408 e. The van der Waals surface area contributed by atoms with Gasteiger partial charge < -0.3 is 20.7 Å². The van der Waals surface area contributed by atoms with E-state index in [1.165, 1.54) is 23.7 Å². The van der Waals surface area contributed by atoms with Crippen molar-refractivity contribution in [2.24, 2.45) is 5.73 Å². The molecule has 0 unspecified atom stereocenters. The summed E-state index contributed by atoms with van der Waals surface area (Å²) in [5.74, 6) is 0.233. The molecule has 0 fully saturated rings. The average molecular weight is 410 g/mol. The summed E-state index contributed by atoms with van der Waals surface area (Å²) in [6.45, 7) is 7.21. The summed E-state index contributed by atoms with van der Waals surface area (Å²) in [6, 6.07) is 7.70. The van der Waals surface area contributed by atoms with E-state index in [0.717, 1.165) is 11.3 Å². The SMILES string of the molecule is CCSC[C@@H](C(N)=O)N(C)C(=O)[C@H](Cc1ccccc1)NC(=O)OC(C)(C)C. The zero-order valence-electron chi connectivity index (χ0n) is 17.2. The van der Waals surface area contributed by atoms with Crippen molar-refractivity contribution in [2.45, 2.75) is 51.8 Å². The lowest BCUT2D eigenvalue weighted by atomic mass is 10.0. The number of nitrogens with two attached hydrogens (primary N) is 1. The molecule has 0 bridgehead atoms. The van der Waals surface area contributed by atoms with Crippen molar-refractivity contribution in [1.82, 2.24) is 10.2 Å². The fourth-order valence-electron chi connectivity index (χ4n) is 2.51. The maximum atomic E-state index is 13.1. The van der Waals surface area contributed by atoms with Crippen LogP contribution in [-0.4, -0.2) is 59.0 Å². The summed E-state index contributed by atoms with van der Waals surface area (Å²) in [5, 5.41) is 2.64. The van der Waals surface area contributed by atoms with E-state index in [2.05, 4.69) is 5.32 Å². The van der Waals surface area contributed by atoms with E-state index < -0.39 is 35.6 Å². The smallest absolute Gasteiger partial charge is 0.408 e. The van der Waals surface area contributed by atoms with Crippen molar-refractivity contribution < 1.29 is 19.1 Å². The average Bonchev–Trinajstić information content (AvgIpc) is 2.59. The van der Waals surface area contributed by atoms with Gasteiger partial charge in [0.05, 0.1) is 0 Å². The second-order valence-corrected chi connectivity index (χ2v) is 8.73. The minimum Gasteiger partial charge on any atom is -0.444 e. The van der Waals surface area contributed by atoms with Crippen LogP contribution in [0.4, 0.5) is 4.79 Å². The lowest BCUT2D eigenvalue weighted by Gasteiger charge is -2.30. The first-order chi connectivity index (χ1) is 13.0. The Kier molecular flexibility index (Phi) is 9.31. The maximum absolute atomic E-state index is 13.1. The number of hydrogen-bond acceptors (Lipinski definition) is 5. The molecule has 0 spiro atoms. The molecule has 0 heterocycles. The Hall–Kier alpha value is -2.22. The molecule has 1 rings (SSSR count). The van der Waals surface area contributed by atoms with Crippen LogP contribution in [0.5, 0.6) is 0 Å². The molecule has 0 aliphatic carbocycles. The summed E-state index contributed by atoms with van der Waals surface area (Å²) in [7, 11) is 1.53. The van der Waals surface area contributed by atoms with E-state index in [0.29, 0.717) is 5.75 Å². The highest BCUT2D eigenvalue weighted by atomic mass is 32.2. The third kappa shape index (κ3) is 8.21. The molecule has 1 aromatic rings. The van der Waals surface area contributed by atoms with Gasteiger partial charge in [0.15, 0.2) is 0 Å². The Balaban J connectivity index is 3.01. The summed E-state index contributed by atoms with van der Waals surface area (Å²) in [5.41, 5.74) is 5.68. The number of nitrogens with zero attached hydrogens (tertiary/aromatic N) is 1. The molecule has 7 nitrogen and oxygen atoms in total. The van der Waals surface area contributed by atoms with Crippen LogP contribution in [0.25, 0.3) is 0 Å². The van der Waals surface area contributed by atoms with Crippen LogP contribution in [0.2, 0.25) is 0 Å². The van der Waals surface area contributed by atoms with Gasteiger partial charge in [0, 0.05) is 19.2 Å². The van der Waals surface area contributed by atoms with Gasteiger partial charge in [-0.1, -0.05) is 37.3 Å². The van der Waals surface area contributed by atoms with E-state index in [9.17, 15) is 14.4 Å². The first kappa shape index (κ1) is 23.8. The Bertz CT molecular complexity index is 661. The normalized spacial score (nSPS) is 13.3. The van der Waals surface area contributed by atoms with Crippen LogP contribution in [0.15, 0.2) is 30.3 Å². The van der Waals surface area contributed by atoms with E-state index in [1.807, 2.05) is 37.3 Å². The summed E-state index contributed by atoms with van der Waals surface area (Å²) in [4.78, 5) is 38.5. The number of carbonyl (C=O) groups excluding carboxylic acids is 3. The van der Waals surface area contributed by atoms with E-state index >= 15 is 0 Å². The van der Waals surface area contributed by atoms with Crippen molar-refractivity contribution in [2.75, 3.05) is 18.6 Å². The van der Waals surface area contributed by atoms with Crippen molar-refractivity contribution >= 4 is 29.7 Å². The van der Waals surface area contributed by atoms with Gasteiger partial charge >= 0.3 is 6.09 Å². The Labute approximate surface area is 171 Å². The largest absolute Gasteiger partial charge is 0.444 e. The molecule has 8 heteroatoms. The minimum absolute atomic E-state index is 0.273. The fraction of sp³-hybridized carbons (Fsp3) is 0.550. The third-order valence-corrected chi connectivity index (χ3v) is 4.85. The molecule has 28 heavy (non-hydrogen) atoms. The second-order valence-electron chi connectivity index (χ2n) is 7.42. The Morgan fingerprint density at radius 2 is 1.82 bits per heavy atom. The molecule has 2 atom stereocenters. The van der Waals surface area contributed by atoms with Crippen LogP contribution in [0.1, 0.15) is 33.3 Å². The first-order valence-corrected chi connectivity index (χ1v) is 10.4. The van der Waals surface area contributed by atoms with Gasteiger partial charge in [-0.2, -0.15) is 11.8 Å². The molecule has 0 aliphatic heterocycles. The topological polar surface area (TPSA) is 102 Å². The molecule has 0 aromatic heterocycles. The van der Waals surface area contributed by atoms with Crippen LogP contribution < -0.4 is 11.1 Å². The number of nitrogens with one attached hydrogen (secondary N) is 1. The predicted molar refractivity (Wildman–Crippen MR) is 112 cm³/mol. The molecular weight excluding hydrogens is 378 g/mol. The van der Waals surface area contributed by atoms with Gasteiger partial charge in [-0.25, -0.2) is 4.79 Å². The highest BCUT2D eigenvalue weighted by molar-refractivity contribution is 7.99. The molecular formula is C20H31N3O4S. The molecule has 0 aliphatic rings. The summed E-state index contributed by atoms with van der Waals surface area (Å²) in [6.07, 6.45) is -0.413. The van der Waals surface area contributed by atoms with Crippen molar-refractivity contribution in [1.29, 1.82) is 0 Å². The number of benzene rings is 1. The monoisotopic (exact) mass is 409 g/mol. The van der Waals surface area contributed by atoms with E-state index in [1.54, 1.807) is 20.8 Å². The molecule has 0 saturated carbocycles. The zero-order chi connectivity index (χ0) is 21.3. The van der Waals surface area contributed by atoms with Gasteiger partial charge in [0.2, 0.25) is 11.8 Å². The number of alkyl carbamates (subject to hydrolysis) is 1. The third-order valence-electron chi connectivity index (χ3n) is 3.90. The molecule has 3 N–H and O–H groups in total. The number of thioether (sulfide) groups is 1. The quantitative estimate of drug-likeness (QED) is 0.651. The van der Waals surface area contributed by atoms with Gasteiger partial charge in [-0.3, -0.25) is 9.59 Å². The van der Waals surface area contributed by atoms with Crippen molar-refractivity contribution in [3.05, 3.63) is 35.9 Å². The number of hydrogen-bond donors (Lipinski definition) is 2. The fourth-order valence-corrected chi connectivity index (χ4v) is 3.36. The number of likely N-dealkylation sites (N-methyl/N-ethyl adjacent to an activating group) is 1. The number of carbonyl (C=O) groups is 3. The second kappa shape index (κ2) is 10.9. The molecule has 156 valence electrons. The van der Waals surface area contributed by atoms with Crippen LogP contribution in [0.3, 0.4) is 0 Å². The molecule has 0 saturated heterocycles. The highest BCUT2D eigenvalue weighted by Crippen LogP contribution is 2.13. The number of amides is 3. The number of ether oxygens (including phenoxy) is 1. The van der Waals surface area contributed by atoms with Crippen LogP contribution in [0, 0.1) is 0 Å². The van der Waals surface area contributed by atoms with Gasteiger partial charge in [-0.05, 0) is 32.1 Å². The van der Waals surface area contributed by atoms with Gasteiger partial charge in [-0.15, -0.1) is 0 Å². The Morgan fingerprint density at radius 1 is 1.21 bits per heavy atom. The minimum atomic E-state index is -0.879. The summed E-state index contributed by atoms with van der Waals surface area (Å²) < 4.78 is 5.29. The van der Waals surface area contributed by atoms with Gasteiger partial charge in [0.25, 0.3) is 0 Å².